The molecule has 21 heavy (non-hydrogen) atoms. The number of anilines is 1. The lowest BCUT2D eigenvalue weighted by Crippen LogP contribution is -2.24. The molecule has 0 spiro atoms. The Balaban J connectivity index is 1.65. The van der Waals surface area contributed by atoms with Crippen LogP contribution in [0.4, 0.5) is 5.82 Å². The highest BCUT2D eigenvalue weighted by Gasteiger charge is 2.14. The van der Waals surface area contributed by atoms with E-state index >= 15 is 0 Å². The number of carbonyl (C=O) groups is 1. The van der Waals surface area contributed by atoms with Gasteiger partial charge in [0.05, 0.1) is 12.4 Å². The molecule has 108 valence electrons. The Hall–Kier alpha value is -2.83. The van der Waals surface area contributed by atoms with Crippen LogP contribution in [0.25, 0.3) is 0 Å². The summed E-state index contributed by atoms with van der Waals surface area (Å²) in [7, 11) is 1.72. The van der Waals surface area contributed by atoms with E-state index in [9.17, 15) is 4.79 Å². The molecule has 0 bridgehead atoms. The van der Waals surface area contributed by atoms with Gasteiger partial charge >= 0.3 is 0 Å². The number of ether oxygens (including phenoxy) is 2. The van der Waals surface area contributed by atoms with Gasteiger partial charge in [-0.2, -0.15) is 0 Å². The molecule has 7 nitrogen and oxygen atoms in total. The van der Waals surface area contributed by atoms with Gasteiger partial charge in [0.25, 0.3) is 5.91 Å². The SMILES string of the molecule is CNc1cncc(C(=O)NCc2ccc3c(c2)OCO3)n1. The lowest BCUT2D eigenvalue weighted by molar-refractivity contribution is 0.0945. The molecule has 0 saturated heterocycles. The number of hydrogen-bond acceptors (Lipinski definition) is 6. The highest BCUT2D eigenvalue weighted by Crippen LogP contribution is 2.32. The monoisotopic (exact) mass is 286 g/mol. The van der Waals surface area contributed by atoms with Crippen molar-refractivity contribution >= 4 is 11.7 Å². The Morgan fingerprint density at radius 1 is 1.29 bits per heavy atom. The van der Waals surface area contributed by atoms with E-state index in [1.54, 1.807) is 13.2 Å². The minimum Gasteiger partial charge on any atom is -0.454 e. The van der Waals surface area contributed by atoms with Gasteiger partial charge < -0.3 is 20.1 Å². The number of benzene rings is 1. The van der Waals surface area contributed by atoms with E-state index in [0.29, 0.717) is 18.1 Å². The topological polar surface area (TPSA) is 85.4 Å². The van der Waals surface area contributed by atoms with Gasteiger partial charge in [-0.05, 0) is 17.7 Å². The summed E-state index contributed by atoms with van der Waals surface area (Å²) in [6.07, 6.45) is 2.98. The van der Waals surface area contributed by atoms with Crippen molar-refractivity contribution in [2.75, 3.05) is 19.2 Å². The molecule has 2 heterocycles. The number of nitrogens with one attached hydrogen (secondary N) is 2. The number of aromatic nitrogens is 2. The molecule has 3 rings (SSSR count). The summed E-state index contributed by atoms with van der Waals surface area (Å²) in [5.41, 5.74) is 1.19. The Labute approximate surface area is 121 Å². The smallest absolute Gasteiger partial charge is 0.271 e. The molecule has 0 fully saturated rings. The second kappa shape index (κ2) is 5.66. The van der Waals surface area contributed by atoms with E-state index in [0.717, 1.165) is 11.3 Å². The fraction of sp³-hybridized carbons (Fsp3) is 0.214. The standard InChI is InChI=1S/C14H14N4O3/c1-15-13-7-16-6-10(18-13)14(19)17-5-9-2-3-11-12(4-9)21-8-20-11/h2-4,6-7H,5,8H2,1H3,(H,15,18)(H,17,19). The lowest BCUT2D eigenvalue weighted by Gasteiger charge is -2.06. The molecule has 0 saturated carbocycles. The zero-order valence-electron chi connectivity index (χ0n) is 11.4. The third-order valence-corrected chi connectivity index (χ3v) is 3.01. The fourth-order valence-electron chi connectivity index (χ4n) is 1.92. The first-order valence-corrected chi connectivity index (χ1v) is 6.43. The second-order valence-electron chi connectivity index (χ2n) is 4.41. The van der Waals surface area contributed by atoms with E-state index < -0.39 is 0 Å². The van der Waals surface area contributed by atoms with Crippen molar-refractivity contribution in [1.29, 1.82) is 0 Å². The molecule has 0 aliphatic carbocycles. The van der Waals surface area contributed by atoms with Crippen molar-refractivity contribution in [3.63, 3.8) is 0 Å². The maximum Gasteiger partial charge on any atom is 0.271 e. The first kappa shape index (κ1) is 13.2. The Morgan fingerprint density at radius 3 is 3.00 bits per heavy atom. The number of amides is 1. The number of nitrogens with zero attached hydrogens (tertiary/aromatic N) is 2. The second-order valence-corrected chi connectivity index (χ2v) is 4.41. The number of carbonyl (C=O) groups excluding carboxylic acids is 1. The fourth-order valence-corrected chi connectivity index (χ4v) is 1.92. The van der Waals surface area contributed by atoms with Crippen molar-refractivity contribution < 1.29 is 14.3 Å². The third kappa shape index (κ3) is 2.86. The van der Waals surface area contributed by atoms with Crippen LogP contribution in [0.15, 0.2) is 30.6 Å². The normalized spacial score (nSPS) is 12.0. The summed E-state index contributed by atoms with van der Waals surface area (Å²) in [5.74, 6) is 1.68. The first-order valence-electron chi connectivity index (χ1n) is 6.43. The van der Waals surface area contributed by atoms with Gasteiger partial charge in [0.2, 0.25) is 6.79 Å². The van der Waals surface area contributed by atoms with Crippen molar-refractivity contribution in [2.24, 2.45) is 0 Å². The average molecular weight is 286 g/mol. The van der Waals surface area contributed by atoms with Crippen LogP contribution < -0.4 is 20.1 Å². The minimum atomic E-state index is -0.280. The molecule has 1 aromatic carbocycles. The van der Waals surface area contributed by atoms with E-state index in [1.807, 2.05) is 18.2 Å². The molecular formula is C14H14N4O3. The van der Waals surface area contributed by atoms with Gasteiger partial charge in [0.1, 0.15) is 11.5 Å². The van der Waals surface area contributed by atoms with Crippen LogP contribution in [0.3, 0.4) is 0 Å². The zero-order valence-corrected chi connectivity index (χ0v) is 11.4. The number of rotatable bonds is 4. The molecular weight excluding hydrogens is 272 g/mol. The third-order valence-electron chi connectivity index (χ3n) is 3.01. The van der Waals surface area contributed by atoms with Gasteiger partial charge in [-0.3, -0.25) is 9.78 Å². The van der Waals surface area contributed by atoms with E-state index in [2.05, 4.69) is 20.6 Å². The number of hydrogen-bond donors (Lipinski definition) is 2. The van der Waals surface area contributed by atoms with Gasteiger partial charge in [-0.15, -0.1) is 0 Å². The van der Waals surface area contributed by atoms with Crippen LogP contribution in [0.2, 0.25) is 0 Å². The minimum absolute atomic E-state index is 0.234. The average Bonchev–Trinajstić information content (AvgIpc) is 3.00. The van der Waals surface area contributed by atoms with E-state index in [1.165, 1.54) is 6.20 Å². The Morgan fingerprint density at radius 2 is 2.14 bits per heavy atom. The first-order chi connectivity index (χ1) is 10.3. The van der Waals surface area contributed by atoms with Crippen LogP contribution in [0.5, 0.6) is 11.5 Å². The molecule has 2 aromatic rings. The largest absolute Gasteiger partial charge is 0.454 e. The van der Waals surface area contributed by atoms with Crippen molar-refractivity contribution in [3.8, 4) is 11.5 Å². The number of fused-ring (bicyclic) bond motifs is 1. The van der Waals surface area contributed by atoms with E-state index in [-0.39, 0.29) is 18.4 Å². The molecule has 1 amide bonds. The maximum atomic E-state index is 12.0. The summed E-state index contributed by atoms with van der Waals surface area (Å²) < 4.78 is 10.5. The predicted molar refractivity (Wildman–Crippen MR) is 75.3 cm³/mol. The van der Waals surface area contributed by atoms with Gasteiger partial charge in [-0.25, -0.2) is 4.98 Å². The summed E-state index contributed by atoms with van der Waals surface area (Å²) in [5, 5.41) is 5.63. The summed E-state index contributed by atoms with van der Waals surface area (Å²) in [6.45, 7) is 0.610. The van der Waals surface area contributed by atoms with Crippen LogP contribution >= 0.6 is 0 Å². The zero-order chi connectivity index (χ0) is 14.7. The van der Waals surface area contributed by atoms with Crippen molar-refractivity contribution in [2.45, 2.75) is 6.54 Å². The molecule has 0 unspecified atom stereocenters. The van der Waals surface area contributed by atoms with Crippen LogP contribution in [0, 0.1) is 0 Å². The molecule has 7 heteroatoms. The Bertz CT molecular complexity index is 675. The molecule has 2 N–H and O–H groups in total. The van der Waals surface area contributed by atoms with Crippen LogP contribution in [0.1, 0.15) is 16.1 Å². The van der Waals surface area contributed by atoms with Crippen LogP contribution in [-0.4, -0.2) is 29.7 Å². The van der Waals surface area contributed by atoms with Gasteiger partial charge in [0, 0.05) is 13.6 Å². The summed E-state index contributed by atoms with van der Waals surface area (Å²) in [6, 6.07) is 5.55. The quantitative estimate of drug-likeness (QED) is 0.877. The summed E-state index contributed by atoms with van der Waals surface area (Å²) in [4.78, 5) is 20.1. The molecule has 0 atom stereocenters. The highest BCUT2D eigenvalue weighted by atomic mass is 16.7. The molecule has 1 aliphatic heterocycles. The van der Waals surface area contributed by atoms with Crippen molar-refractivity contribution in [1.82, 2.24) is 15.3 Å². The lowest BCUT2D eigenvalue weighted by atomic mass is 10.2. The maximum absolute atomic E-state index is 12.0. The molecule has 1 aromatic heterocycles. The van der Waals surface area contributed by atoms with Gasteiger partial charge in [-0.1, -0.05) is 6.07 Å². The summed E-state index contributed by atoms with van der Waals surface area (Å²) >= 11 is 0. The van der Waals surface area contributed by atoms with Crippen LogP contribution in [-0.2, 0) is 6.54 Å². The van der Waals surface area contributed by atoms with Gasteiger partial charge in [0.15, 0.2) is 11.5 Å². The van der Waals surface area contributed by atoms with E-state index in [4.69, 9.17) is 9.47 Å². The molecule has 1 aliphatic rings. The van der Waals surface area contributed by atoms with Crippen molar-refractivity contribution in [3.05, 3.63) is 41.9 Å². The Kier molecular flexibility index (Phi) is 3.55. The molecule has 0 radical (unpaired) electrons. The predicted octanol–water partition coefficient (Wildman–Crippen LogP) is 1.18. The highest BCUT2D eigenvalue weighted by molar-refractivity contribution is 5.92.